The second-order valence-corrected chi connectivity index (χ2v) is 4.23. The van der Waals surface area contributed by atoms with Crippen molar-refractivity contribution in [1.29, 1.82) is 0 Å². The molecule has 94 valence electrons. The van der Waals surface area contributed by atoms with E-state index in [9.17, 15) is 0 Å². The molecule has 2 heteroatoms. The Labute approximate surface area is 108 Å². The van der Waals surface area contributed by atoms with E-state index >= 15 is 0 Å². The van der Waals surface area contributed by atoms with Crippen molar-refractivity contribution in [2.75, 3.05) is 0 Å². The van der Waals surface area contributed by atoms with Gasteiger partial charge in [-0.05, 0) is 37.6 Å². The Hall–Kier alpha value is -1.96. The van der Waals surface area contributed by atoms with E-state index in [0.717, 1.165) is 23.7 Å². The van der Waals surface area contributed by atoms with Gasteiger partial charge in [0.1, 0.15) is 17.2 Å². The maximum atomic E-state index is 5.76. The molecule has 18 heavy (non-hydrogen) atoms. The minimum atomic E-state index is 0.219. The molecule has 0 aliphatic carbocycles. The van der Waals surface area contributed by atoms with Gasteiger partial charge in [-0.3, -0.25) is 0 Å². The van der Waals surface area contributed by atoms with Crippen molar-refractivity contribution in [3.63, 3.8) is 0 Å². The molecule has 1 unspecified atom stereocenters. The number of ether oxygens (including phenoxy) is 2. The topological polar surface area (TPSA) is 18.5 Å². The molecule has 0 aromatic heterocycles. The molecule has 1 atom stereocenters. The molecule has 0 aliphatic rings. The van der Waals surface area contributed by atoms with Crippen molar-refractivity contribution in [1.82, 2.24) is 0 Å². The van der Waals surface area contributed by atoms with E-state index in [1.807, 2.05) is 54.6 Å². The van der Waals surface area contributed by atoms with Crippen LogP contribution in [0.3, 0.4) is 0 Å². The van der Waals surface area contributed by atoms with E-state index in [-0.39, 0.29) is 6.10 Å². The Kier molecular flexibility index (Phi) is 4.24. The van der Waals surface area contributed by atoms with Crippen LogP contribution in [-0.4, -0.2) is 6.10 Å². The fraction of sp³-hybridized carbons (Fsp3) is 0.250. The van der Waals surface area contributed by atoms with Crippen molar-refractivity contribution in [2.24, 2.45) is 0 Å². The molecule has 2 nitrogen and oxygen atoms in total. The normalized spacial score (nSPS) is 11.9. The van der Waals surface area contributed by atoms with Gasteiger partial charge in [0.2, 0.25) is 0 Å². The zero-order valence-corrected chi connectivity index (χ0v) is 10.8. The molecular weight excluding hydrogens is 224 g/mol. The summed E-state index contributed by atoms with van der Waals surface area (Å²) in [5, 5.41) is 0. The Balaban J connectivity index is 2.08. The van der Waals surface area contributed by atoms with Crippen molar-refractivity contribution in [2.45, 2.75) is 26.4 Å². The first-order chi connectivity index (χ1) is 8.78. The van der Waals surface area contributed by atoms with Crippen LogP contribution in [-0.2, 0) is 0 Å². The summed E-state index contributed by atoms with van der Waals surface area (Å²) in [6.45, 7) is 4.17. The first-order valence-electron chi connectivity index (χ1n) is 6.27. The second kappa shape index (κ2) is 6.10. The van der Waals surface area contributed by atoms with Crippen LogP contribution >= 0.6 is 0 Å². The van der Waals surface area contributed by atoms with E-state index in [4.69, 9.17) is 9.47 Å². The Morgan fingerprint density at radius 3 is 2.28 bits per heavy atom. The Morgan fingerprint density at radius 2 is 1.56 bits per heavy atom. The molecule has 0 radical (unpaired) electrons. The zero-order valence-electron chi connectivity index (χ0n) is 10.8. The van der Waals surface area contributed by atoms with Crippen LogP contribution in [0.4, 0.5) is 0 Å². The third-order valence-corrected chi connectivity index (χ3v) is 2.70. The maximum absolute atomic E-state index is 5.76. The molecule has 0 N–H and O–H groups in total. The van der Waals surface area contributed by atoms with Crippen molar-refractivity contribution >= 4 is 0 Å². The molecule has 0 fully saturated rings. The maximum Gasteiger partial charge on any atom is 0.131 e. The quantitative estimate of drug-likeness (QED) is 0.759. The molecule has 0 aliphatic heterocycles. The SMILES string of the molecule is CCC(C)Oc1cccc(Oc2ccccc2)c1. The first-order valence-corrected chi connectivity index (χ1v) is 6.27. The fourth-order valence-electron chi connectivity index (χ4n) is 1.55. The average molecular weight is 242 g/mol. The van der Waals surface area contributed by atoms with Gasteiger partial charge in [-0.2, -0.15) is 0 Å². The largest absolute Gasteiger partial charge is 0.491 e. The second-order valence-electron chi connectivity index (χ2n) is 4.23. The van der Waals surface area contributed by atoms with Crippen molar-refractivity contribution < 1.29 is 9.47 Å². The lowest BCUT2D eigenvalue weighted by Gasteiger charge is -2.13. The average Bonchev–Trinajstić information content (AvgIpc) is 2.40. The summed E-state index contributed by atoms with van der Waals surface area (Å²) >= 11 is 0. The Bertz CT molecular complexity index is 479. The van der Waals surface area contributed by atoms with Gasteiger partial charge in [0.05, 0.1) is 6.10 Å². The highest BCUT2D eigenvalue weighted by molar-refractivity contribution is 5.36. The number of hydrogen-bond donors (Lipinski definition) is 0. The molecule has 0 heterocycles. The van der Waals surface area contributed by atoms with E-state index in [1.54, 1.807) is 0 Å². The summed E-state index contributed by atoms with van der Waals surface area (Å²) in [6.07, 6.45) is 1.21. The van der Waals surface area contributed by atoms with Gasteiger partial charge in [-0.1, -0.05) is 31.2 Å². The molecule has 0 amide bonds. The van der Waals surface area contributed by atoms with Gasteiger partial charge in [-0.25, -0.2) is 0 Å². The summed E-state index contributed by atoms with van der Waals surface area (Å²) in [4.78, 5) is 0. The van der Waals surface area contributed by atoms with Gasteiger partial charge in [0, 0.05) is 6.07 Å². The van der Waals surface area contributed by atoms with E-state index in [0.29, 0.717) is 0 Å². The van der Waals surface area contributed by atoms with Crippen molar-refractivity contribution in [3.05, 3.63) is 54.6 Å². The van der Waals surface area contributed by atoms with Crippen molar-refractivity contribution in [3.8, 4) is 17.2 Å². The van der Waals surface area contributed by atoms with Gasteiger partial charge in [0.25, 0.3) is 0 Å². The van der Waals surface area contributed by atoms with Gasteiger partial charge in [0.15, 0.2) is 0 Å². The smallest absolute Gasteiger partial charge is 0.131 e. The number of benzene rings is 2. The molecule has 2 aromatic rings. The van der Waals surface area contributed by atoms with Crippen LogP contribution in [0.5, 0.6) is 17.2 Å². The summed E-state index contributed by atoms with van der Waals surface area (Å²) in [5.74, 6) is 2.47. The highest BCUT2D eigenvalue weighted by Gasteiger charge is 2.03. The van der Waals surface area contributed by atoms with E-state index in [2.05, 4.69) is 13.8 Å². The summed E-state index contributed by atoms with van der Waals surface area (Å²) in [6, 6.07) is 17.5. The predicted molar refractivity (Wildman–Crippen MR) is 73.3 cm³/mol. The molecule has 2 rings (SSSR count). The third-order valence-electron chi connectivity index (χ3n) is 2.70. The monoisotopic (exact) mass is 242 g/mol. The lowest BCUT2D eigenvalue weighted by molar-refractivity contribution is 0.217. The summed E-state index contributed by atoms with van der Waals surface area (Å²) < 4.78 is 11.5. The van der Waals surface area contributed by atoms with Crippen LogP contribution in [0.2, 0.25) is 0 Å². The van der Waals surface area contributed by atoms with Crippen LogP contribution in [0.25, 0.3) is 0 Å². The number of para-hydroxylation sites is 1. The lowest BCUT2D eigenvalue weighted by Crippen LogP contribution is -2.09. The first kappa shape index (κ1) is 12.5. The third kappa shape index (κ3) is 3.52. The number of rotatable bonds is 5. The van der Waals surface area contributed by atoms with Gasteiger partial charge in [-0.15, -0.1) is 0 Å². The minimum absolute atomic E-state index is 0.219. The van der Waals surface area contributed by atoms with Gasteiger partial charge < -0.3 is 9.47 Å². The zero-order chi connectivity index (χ0) is 12.8. The highest BCUT2D eigenvalue weighted by Crippen LogP contribution is 2.25. The van der Waals surface area contributed by atoms with Crippen LogP contribution < -0.4 is 9.47 Å². The molecule has 0 spiro atoms. The lowest BCUT2D eigenvalue weighted by atomic mass is 10.3. The van der Waals surface area contributed by atoms with Crippen LogP contribution in [0, 0.1) is 0 Å². The Morgan fingerprint density at radius 1 is 0.889 bits per heavy atom. The minimum Gasteiger partial charge on any atom is -0.491 e. The molecule has 0 bridgehead atoms. The number of hydrogen-bond acceptors (Lipinski definition) is 2. The van der Waals surface area contributed by atoms with Gasteiger partial charge >= 0.3 is 0 Å². The summed E-state index contributed by atoms with van der Waals surface area (Å²) in [7, 11) is 0. The highest BCUT2D eigenvalue weighted by atomic mass is 16.5. The molecule has 0 saturated heterocycles. The molecule has 2 aromatic carbocycles. The molecule has 0 saturated carbocycles. The standard InChI is InChI=1S/C16H18O2/c1-3-13(2)17-15-10-7-11-16(12-15)18-14-8-5-4-6-9-14/h4-13H,3H2,1-2H3. The van der Waals surface area contributed by atoms with E-state index < -0.39 is 0 Å². The van der Waals surface area contributed by atoms with Crippen LogP contribution in [0.15, 0.2) is 54.6 Å². The molecular formula is C16H18O2. The summed E-state index contributed by atoms with van der Waals surface area (Å²) in [5.41, 5.74) is 0. The van der Waals surface area contributed by atoms with E-state index in [1.165, 1.54) is 0 Å². The predicted octanol–water partition coefficient (Wildman–Crippen LogP) is 4.66. The fourth-order valence-corrected chi connectivity index (χ4v) is 1.55. The van der Waals surface area contributed by atoms with Crippen LogP contribution in [0.1, 0.15) is 20.3 Å².